The zero-order valence-corrected chi connectivity index (χ0v) is 31.3. The van der Waals surface area contributed by atoms with Crippen molar-refractivity contribution in [1.29, 1.82) is 0 Å². The summed E-state index contributed by atoms with van der Waals surface area (Å²) in [5, 5.41) is 18.1. The van der Waals surface area contributed by atoms with Gasteiger partial charge in [0.05, 0.1) is 64.3 Å². The predicted molar refractivity (Wildman–Crippen MR) is 202 cm³/mol. The van der Waals surface area contributed by atoms with E-state index in [1.807, 2.05) is 60.7 Å². The summed E-state index contributed by atoms with van der Waals surface area (Å²) >= 11 is 0. The van der Waals surface area contributed by atoms with Crippen LogP contribution >= 0.6 is 0 Å². The molecule has 56 heavy (non-hydrogen) atoms. The molecule has 2 spiro atoms. The predicted octanol–water partition coefficient (Wildman–Crippen LogP) is 5.81. The Hall–Kier alpha value is -5.40. The van der Waals surface area contributed by atoms with Crippen LogP contribution in [0.25, 0.3) is 22.3 Å². The van der Waals surface area contributed by atoms with E-state index in [1.165, 1.54) is 14.2 Å². The van der Waals surface area contributed by atoms with Gasteiger partial charge in [-0.15, -0.1) is 0 Å². The Morgan fingerprint density at radius 2 is 0.982 bits per heavy atom. The molecule has 0 saturated carbocycles. The number of carboxylic acid groups (broad SMARTS) is 2. The van der Waals surface area contributed by atoms with Crippen molar-refractivity contribution in [2.75, 3.05) is 40.6 Å². The van der Waals surface area contributed by atoms with E-state index in [4.69, 9.17) is 38.6 Å². The quantitative estimate of drug-likeness (QED) is 0.187. The van der Waals surface area contributed by atoms with Crippen molar-refractivity contribution in [2.24, 2.45) is 0 Å². The number of aliphatic carboxylic acids is 2. The van der Waals surface area contributed by atoms with Gasteiger partial charge in [0.1, 0.15) is 0 Å². The fourth-order valence-corrected chi connectivity index (χ4v) is 8.63. The normalized spacial score (nSPS) is 22.5. The van der Waals surface area contributed by atoms with Crippen LogP contribution in [0.4, 0.5) is 0 Å². The number of esters is 2. The highest BCUT2D eigenvalue weighted by atomic mass is 16.7. The van der Waals surface area contributed by atoms with Crippen molar-refractivity contribution in [3.8, 4) is 22.3 Å². The van der Waals surface area contributed by atoms with E-state index in [2.05, 4.69) is 24.3 Å². The van der Waals surface area contributed by atoms with Crippen LogP contribution in [-0.2, 0) is 71.3 Å². The van der Waals surface area contributed by atoms with Crippen molar-refractivity contribution in [2.45, 2.75) is 61.9 Å². The maximum Gasteiger partial charge on any atom is 0.310 e. The minimum atomic E-state index is -0.967. The molecule has 4 aromatic rings. The van der Waals surface area contributed by atoms with Crippen molar-refractivity contribution in [3.63, 3.8) is 0 Å². The summed E-state index contributed by atoms with van der Waals surface area (Å²) < 4.78 is 33.1. The van der Waals surface area contributed by atoms with Gasteiger partial charge in [-0.2, -0.15) is 0 Å². The zero-order chi connectivity index (χ0) is 39.5. The molecule has 292 valence electrons. The summed E-state index contributed by atoms with van der Waals surface area (Å²) in [5.41, 5.74) is 9.91. The molecule has 0 atom stereocenters. The summed E-state index contributed by atoms with van der Waals surface area (Å²) in [7, 11) is 2.75. The molecule has 0 aromatic heterocycles. The van der Waals surface area contributed by atoms with Gasteiger partial charge >= 0.3 is 23.9 Å². The Morgan fingerprint density at radius 3 is 1.43 bits per heavy atom. The molecule has 4 aliphatic rings. The number of hydrogen-bond donors (Lipinski definition) is 2. The zero-order valence-electron chi connectivity index (χ0n) is 31.3. The van der Waals surface area contributed by atoms with E-state index >= 15 is 0 Å². The number of ether oxygens (including phenoxy) is 6. The highest BCUT2D eigenvalue weighted by molar-refractivity contribution is 5.84. The largest absolute Gasteiger partial charge is 0.481 e. The van der Waals surface area contributed by atoms with Crippen LogP contribution in [0, 0.1) is 0 Å². The van der Waals surface area contributed by atoms with Crippen LogP contribution in [0.3, 0.4) is 0 Å². The van der Waals surface area contributed by atoms with Gasteiger partial charge in [-0.25, -0.2) is 0 Å². The molecule has 4 aromatic carbocycles. The molecule has 2 N–H and O–H groups in total. The first-order chi connectivity index (χ1) is 27.1. The number of benzene rings is 4. The average Bonchev–Trinajstić information content (AvgIpc) is 3.65. The van der Waals surface area contributed by atoms with Crippen molar-refractivity contribution < 1.29 is 57.8 Å². The lowest BCUT2D eigenvalue weighted by Gasteiger charge is -2.39. The highest BCUT2D eigenvalue weighted by Crippen LogP contribution is 2.53. The summed E-state index contributed by atoms with van der Waals surface area (Å²) in [5.74, 6) is -2.40. The Labute approximate surface area is 324 Å². The molecule has 12 nitrogen and oxygen atoms in total. The maximum atomic E-state index is 11.7. The second-order valence-corrected chi connectivity index (χ2v) is 14.4. The number of hydrogen-bond acceptors (Lipinski definition) is 10. The van der Waals surface area contributed by atoms with Gasteiger partial charge < -0.3 is 38.6 Å². The van der Waals surface area contributed by atoms with Crippen LogP contribution in [0.2, 0.25) is 0 Å². The summed E-state index contributed by atoms with van der Waals surface area (Å²) in [6.07, 6.45) is -0.166. The average molecular weight is 765 g/mol. The van der Waals surface area contributed by atoms with E-state index in [1.54, 1.807) is 0 Å². The Balaban J connectivity index is 0.000000172. The molecule has 0 amide bonds. The van der Waals surface area contributed by atoms with E-state index in [-0.39, 0.29) is 31.2 Å². The van der Waals surface area contributed by atoms with Gasteiger partial charge in [0.2, 0.25) is 0 Å². The van der Waals surface area contributed by atoms with E-state index < -0.39 is 35.3 Å². The third-order valence-corrected chi connectivity index (χ3v) is 11.1. The summed E-state index contributed by atoms with van der Waals surface area (Å²) in [6, 6.07) is 28.4. The van der Waals surface area contributed by atoms with Crippen molar-refractivity contribution >= 4 is 23.9 Å². The summed E-state index contributed by atoms with van der Waals surface area (Å²) in [6.45, 7) is 1.40. The molecule has 2 heterocycles. The molecule has 8 rings (SSSR count). The Kier molecular flexibility index (Phi) is 11.4. The Morgan fingerprint density at radius 1 is 0.554 bits per heavy atom. The molecular formula is C44H44O12. The fraction of sp³-hybridized carbons (Fsp3) is 0.364. The number of fused-ring (bicyclic) bond motifs is 10. The minimum absolute atomic E-state index is 0.0478. The third kappa shape index (κ3) is 7.33. The van der Waals surface area contributed by atoms with Crippen molar-refractivity contribution in [3.05, 3.63) is 118 Å². The first-order valence-electron chi connectivity index (χ1n) is 18.6. The topological polar surface area (TPSA) is 164 Å². The van der Waals surface area contributed by atoms with Gasteiger partial charge in [-0.05, 0) is 68.5 Å². The second kappa shape index (κ2) is 16.4. The molecule has 2 aliphatic heterocycles. The lowest BCUT2D eigenvalue weighted by Crippen LogP contribution is -2.45. The molecule has 0 unspecified atom stereocenters. The number of rotatable bonds is 10. The van der Waals surface area contributed by atoms with Gasteiger partial charge in [0.25, 0.3) is 0 Å². The molecule has 2 fully saturated rings. The first kappa shape index (κ1) is 38.9. The Bertz CT molecular complexity index is 2120. The monoisotopic (exact) mass is 764 g/mol. The van der Waals surface area contributed by atoms with E-state index in [0.717, 1.165) is 55.6 Å². The van der Waals surface area contributed by atoms with Gasteiger partial charge in [-0.3, -0.25) is 19.2 Å². The van der Waals surface area contributed by atoms with Crippen LogP contribution in [0.15, 0.2) is 84.9 Å². The van der Waals surface area contributed by atoms with Crippen molar-refractivity contribution in [1.82, 2.24) is 0 Å². The fourth-order valence-electron chi connectivity index (χ4n) is 8.63. The van der Waals surface area contributed by atoms with Gasteiger partial charge in [-0.1, -0.05) is 84.9 Å². The van der Waals surface area contributed by atoms with E-state index in [0.29, 0.717) is 45.7 Å². The number of aryl methyl sites for hydroxylation is 2. The molecule has 12 heteroatoms. The molecular weight excluding hydrogens is 720 g/mol. The lowest BCUT2D eigenvalue weighted by atomic mass is 9.76. The summed E-state index contributed by atoms with van der Waals surface area (Å²) in [4.78, 5) is 45.4. The lowest BCUT2D eigenvalue weighted by molar-refractivity contribution is -0.209. The van der Waals surface area contributed by atoms with E-state index in [9.17, 15) is 19.2 Å². The number of carbonyl (C=O) groups excluding carboxylic acids is 2. The molecule has 0 bridgehead atoms. The van der Waals surface area contributed by atoms with Gasteiger partial charge in [0, 0.05) is 12.8 Å². The highest BCUT2D eigenvalue weighted by Gasteiger charge is 2.50. The van der Waals surface area contributed by atoms with Gasteiger partial charge in [0.15, 0.2) is 12.6 Å². The van der Waals surface area contributed by atoms with Crippen LogP contribution in [-0.4, -0.2) is 87.3 Å². The second-order valence-electron chi connectivity index (χ2n) is 14.4. The van der Waals surface area contributed by atoms with Crippen LogP contribution in [0.5, 0.6) is 0 Å². The third-order valence-electron chi connectivity index (χ3n) is 11.1. The molecule has 0 radical (unpaired) electrons. The maximum absolute atomic E-state index is 11.7. The SMILES string of the molecule is COC(=O)CCc1cccc2c1C1(COC(CC(=O)OC)OC1)c1ccccc1-2.O=C(O)CCc1cccc2c1C1(COC(CC(=O)O)OC1)c1ccccc1-2. The number of carbonyl (C=O) groups is 4. The minimum Gasteiger partial charge on any atom is -0.481 e. The molecule has 2 saturated heterocycles. The number of methoxy groups -OCH3 is 2. The first-order valence-corrected chi connectivity index (χ1v) is 18.6. The van der Waals surface area contributed by atoms with Crippen LogP contribution < -0.4 is 0 Å². The standard InChI is InChI=1S/C23H24O6.C21H20O6/c1-26-19(24)11-10-15-6-5-8-17-16-7-3-4-9-18(16)23(22(15)17)13-28-21(29-14-23)12-20(25)27-2;22-17(23)9-8-13-4-3-6-15-14-5-1-2-7-16(14)21(20(13)15)11-26-19(27-12-21)10-18(24)25/h3-9,21H,10-14H2,1-2H3;1-7,19H,8-12H2,(H,22,23)(H,24,25). The number of carboxylic acids is 2. The smallest absolute Gasteiger partial charge is 0.310 e. The van der Waals surface area contributed by atoms with Crippen LogP contribution in [0.1, 0.15) is 59.1 Å². The molecule has 2 aliphatic carbocycles.